The van der Waals surface area contributed by atoms with Crippen LogP contribution in [0.2, 0.25) is 0 Å². The van der Waals surface area contributed by atoms with Gasteiger partial charge in [0.2, 0.25) is 0 Å². The minimum atomic E-state index is -0.882. The molecule has 6 heteroatoms. The molecule has 6 nitrogen and oxygen atoms in total. The van der Waals surface area contributed by atoms with E-state index in [1.165, 1.54) is 4.90 Å². The van der Waals surface area contributed by atoms with Crippen LogP contribution in [0.25, 0.3) is 0 Å². The summed E-state index contributed by atoms with van der Waals surface area (Å²) in [5.74, 6) is -1.10. The van der Waals surface area contributed by atoms with Gasteiger partial charge in [-0.2, -0.15) is 5.26 Å². The Kier molecular flexibility index (Phi) is 4.95. The first kappa shape index (κ1) is 14.3. The van der Waals surface area contributed by atoms with Crippen LogP contribution in [0.1, 0.15) is 26.2 Å². The van der Waals surface area contributed by atoms with Gasteiger partial charge in [0.05, 0.1) is 18.4 Å². The number of nitriles is 1. The lowest BCUT2D eigenvalue weighted by Crippen LogP contribution is -2.45. The molecule has 0 aromatic heterocycles. The van der Waals surface area contributed by atoms with E-state index in [2.05, 4.69) is 6.07 Å². The average molecular weight is 253 g/mol. The first-order valence-electron chi connectivity index (χ1n) is 6.08. The number of aliphatic carboxylic acids is 1. The van der Waals surface area contributed by atoms with Crippen LogP contribution in [-0.4, -0.2) is 53.1 Å². The maximum absolute atomic E-state index is 12.1. The number of carboxylic acid groups (broad SMARTS) is 1. The smallest absolute Gasteiger partial charge is 0.320 e. The summed E-state index contributed by atoms with van der Waals surface area (Å²) in [5.41, 5.74) is 0. The second-order valence-corrected chi connectivity index (χ2v) is 4.78. The van der Waals surface area contributed by atoms with Gasteiger partial charge in [-0.25, -0.2) is 4.79 Å². The predicted molar refractivity (Wildman–Crippen MR) is 64.8 cm³/mol. The Morgan fingerprint density at radius 3 is 2.83 bits per heavy atom. The van der Waals surface area contributed by atoms with Gasteiger partial charge in [-0.3, -0.25) is 4.79 Å². The third kappa shape index (κ3) is 3.62. The molecule has 1 heterocycles. The minimum absolute atomic E-state index is 0.00656. The summed E-state index contributed by atoms with van der Waals surface area (Å²) in [6.07, 6.45) is 1.57. The van der Waals surface area contributed by atoms with Crippen molar-refractivity contribution >= 4 is 12.0 Å². The van der Waals surface area contributed by atoms with Crippen LogP contribution < -0.4 is 0 Å². The second-order valence-electron chi connectivity index (χ2n) is 4.78. The lowest BCUT2D eigenvalue weighted by atomic mass is 10.1. The molecule has 0 spiro atoms. The molecule has 1 fully saturated rings. The lowest BCUT2D eigenvalue weighted by Gasteiger charge is -2.29. The second kappa shape index (κ2) is 6.24. The molecule has 0 saturated carbocycles. The van der Waals surface area contributed by atoms with Crippen LogP contribution in [0, 0.1) is 17.2 Å². The summed E-state index contributed by atoms with van der Waals surface area (Å²) in [6.45, 7) is 2.72. The number of amides is 2. The highest BCUT2D eigenvalue weighted by Gasteiger charge is 2.32. The molecule has 1 N–H and O–H groups in total. The van der Waals surface area contributed by atoms with Crippen LogP contribution in [-0.2, 0) is 4.79 Å². The lowest BCUT2D eigenvalue weighted by molar-refractivity contribution is -0.138. The quantitative estimate of drug-likeness (QED) is 0.814. The minimum Gasteiger partial charge on any atom is -0.481 e. The molecule has 2 atom stereocenters. The van der Waals surface area contributed by atoms with Crippen molar-refractivity contribution in [3.63, 3.8) is 0 Å². The summed E-state index contributed by atoms with van der Waals surface area (Å²) >= 11 is 0. The zero-order chi connectivity index (χ0) is 13.7. The number of carbonyl (C=O) groups excluding carboxylic acids is 1. The van der Waals surface area contributed by atoms with Crippen molar-refractivity contribution in [1.29, 1.82) is 5.26 Å². The van der Waals surface area contributed by atoms with E-state index in [4.69, 9.17) is 10.4 Å². The van der Waals surface area contributed by atoms with Crippen LogP contribution >= 0.6 is 0 Å². The number of rotatable bonds is 4. The Morgan fingerprint density at radius 1 is 1.61 bits per heavy atom. The number of hydrogen-bond donors (Lipinski definition) is 1. The molecule has 1 rings (SSSR count). The fraction of sp³-hybridized carbons (Fsp3) is 0.750. The zero-order valence-electron chi connectivity index (χ0n) is 10.8. The summed E-state index contributed by atoms with van der Waals surface area (Å²) < 4.78 is 0. The average Bonchev–Trinajstić information content (AvgIpc) is 2.74. The topological polar surface area (TPSA) is 84.6 Å². The molecule has 0 aliphatic carbocycles. The third-order valence-electron chi connectivity index (χ3n) is 3.13. The van der Waals surface area contributed by atoms with Crippen LogP contribution in [0.4, 0.5) is 4.79 Å². The van der Waals surface area contributed by atoms with Gasteiger partial charge >= 0.3 is 12.0 Å². The van der Waals surface area contributed by atoms with Crippen molar-refractivity contribution in [1.82, 2.24) is 9.80 Å². The molecule has 1 aliphatic heterocycles. The van der Waals surface area contributed by atoms with Crippen molar-refractivity contribution in [2.75, 3.05) is 20.1 Å². The molecule has 2 unspecified atom stereocenters. The summed E-state index contributed by atoms with van der Waals surface area (Å²) in [5, 5.41) is 17.5. The van der Waals surface area contributed by atoms with Gasteiger partial charge in [-0.1, -0.05) is 0 Å². The van der Waals surface area contributed by atoms with Crippen LogP contribution in [0.5, 0.6) is 0 Å². The molecule has 0 aromatic carbocycles. The molecule has 1 aliphatic rings. The maximum Gasteiger partial charge on any atom is 0.320 e. The molecule has 0 bridgehead atoms. The van der Waals surface area contributed by atoms with Gasteiger partial charge in [-0.05, 0) is 19.8 Å². The molecular formula is C12H19N3O3. The Morgan fingerprint density at radius 2 is 2.28 bits per heavy atom. The normalized spacial score (nSPS) is 20.3. The van der Waals surface area contributed by atoms with E-state index in [-0.39, 0.29) is 24.4 Å². The molecular weight excluding hydrogens is 234 g/mol. The molecule has 1 saturated heterocycles. The van der Waals surface area contributed by atoms with E-state index in [1.807, 2.05) is 0 Å². The van der Waals surface area contributed by atoms with Crippen molar-refractivity contribution in [2.24, 2.45) is 5.92 Å². The Balaban J connectivity index is 2.59. The predicted octanol–water partition coefficient (Wildman–Crippen LogP) is 1.14. The highest BCUT2D eigenvalue weighted by Crippen LogP contribution is 2.21. The van der Waals surface area contributed by atoms with Crippen molar-refractivity contribution in [2.45, 2.75) is 32.2 Å². The molecule has 2 amide bonds. The number of hydrogen-bond acceptors (Lipinski definition) is 3. The fourth-order valence-electron chi connectivity index (χ4n) is 2.25. The standard InChI is InChI=1S/C12H19N3O3/c1-9(7-13)8-14(2)12(18)15-5-3-4-10(15)6-11(16)17/h9-10H,3-6,8H2,1-2H3,(H,16,17). The van der Waals surface area contributed by atoms with Gasteiger partial charge in [0, 0.05) is 26.2 Å². The molecule has 100 valence electrons. The van der Waals surface area contributed by atoms with Crippen molar-refractivity contribution in [3.8, 4) is 6.07 Å². The number of carbonyl (C=O) groups is 2. The number of carboxylic acids is 1. The van der Waals surface area contributed by atoms with E-state index in [0.29, 0.717) is 13.1 Å². The maximum atomic E-state index is 12.1. The summed E-state index contributed by atoms with van der Waals surface area (Å²) in [7, 11) is 1.65. The molecule has 0 aromatic rings. The van der Waals surface area contributed by atoms with Crippen molar-refractivity contribution in [3.05, 3.63) is 0 Å². The number of nitrogens with zero attached hydrogens (tertiary/aromatic N) is 3. The van der Waals surface area contributed by atoms with Crippen LogP contribution in [0.15, 0.2) is 0 Å². The Bertz CT molecular complexity index is 364. The van der Waals surface area contributed by atoms with Gasteiger partial charge in [0.1, 0.15) is 0 Å². The zero-order valence-corrected chi connectivity index (χ0v) is 10.8. The molecule has 18 heavy (non-hydrogen) atoms. The van der Waals surface area contributed by atoms with Gasteiger partial charge < -0.3 is 14.9 Å². The highest BCUT2D eigenvalue weighted by atomic mass is 16.4. The van der Waals surface area contributed by atoms with Crippen molar-refractivity contribution < 1.29 is 14.7 Å². The Labute approximate surface area is 107 Å². The third-order valence-corrected chi connectivity index (χ3v) is 3.13. The van der Waals surface area contributed by atoms with E-state index in [9.17, 15) is 9.59 Å². The van der Waals surface area contributed by atoms with Gasteiger partial charge in [0.15, 0.2) is 0 Å². The monoisotopic (exact) mass is 253 g/mol. The van der Waals surface area contributed by atoms with E-state index in [1.54, 1.807) is 18.9 Å². The highest BCUT2D eigenvalue weighted by molar-refractivity contribution is 5.76. The van der Waals surface area contributed by atoms with E-state index < -0.39 is 5.97 Å². The first-order valence-corrected chi connectivity index (χ1v) is 6.08. The van der Waals surface area contributed by atoms with Gasteiger partial charge in [0.25, 0.3) is 0 Å². The number of urea groups is 1. The SMILES string of the molecule is CC(C#N)CN(C)C(=O)N1CCCC1CC(=O)O. The fourth-order valence-corrected chi connectivity index (χ4v) is 2.25. The van der Waals surface area contributed by atoms with E-state index in [0.717, 1.165) is 12.8 Å². The molecule has 0 radical (unpaired) electrons. The van der Waals surface area contributed by atoms with Gasteiger partial charge in [-0.15, -0.1) is 0 Å². The van der Waals surface area contributed by atoms with E-state index >= 15 is 0 Å². The Hall–Kier alpha value is -1.77. The number of likely N-dealkylation sites (tertiary alicyclic amines) is 1. The largest absolute Gasteiger partial charge is 0.481 e. The van der Waals surface area contributed by atoms with Crippen LogP contribution in [0.3, 0.4) is 0 Å². The summed E-state index contributed by atoms with van der Waals surface area (Å²) in [4.78, 5) is 26.0. The first-order chi connectivity index (χ1) is 8.45. The summed E-state index contributed by atoms with van der Waals surface area (Å²) in [6, 6.07) is 1.69.